The van der Waals surface area contributed by atoms with Crippen molar-refractivity contribution >= 4 is 22.9 Å². The van der Waals surface area contributed by atoms with Crippen LogP contribution < -0.4 is 10.5 Å². The SMILES string of the molecule is NCc1nnc(Oc2ccccc2Cl)s1. The minimum atomic E-state index is 0.365. The van der Waals surface area contributed by atoms with E-state index in [9.17, 15) is 0 Å². The third-order valence-electron chi connectivity index (χ3n) is 1.66. The number of ether oxygens (including phenoxy) is 1. The summed E-state index contributed by atoms with van der Waals surface area (Å²) in [6, 6.07) is 7.19. The van der Waals surface area contributed by atoms with E-state index in [1.54, 1.807) is 12.1 Å². The molecule has 2 N–H and O–H groups in total. The Morgan fingerprint density at radius 1 is 1.33 bits per heavy atom. The second-order valence-electron chi connectivity index (χ2n) is 2.70. The van der Waals surface area contributed by atoms with Gasteiger partial charge in [0.1, 0.15) is 10.8 Å². The molecule has 2 rings (SSSR count). The number of rotatable bonds is 3. The van der Waals surface area contributed by atoms with Crippen LogP contribution in [0.2, 0.25) is 5.02 Å². The number of para-hydroxylation sites is 1. The van der Waals surface area contributed by atoms with E-state index in [-0.39, 0.29) is 0 Å². The quantitative estimate of drug-likeness (QED) is 0.897. The van der Waals surface area contributed by atoms with E-state index in [4.69, 9.17) is 22.1 Å². The van der Waals surface area contributed by atoms with Crippen molar-refractivity contribution in [2.75, 3.05) is 0 Å². The number of nitrogens with two attached hydrogens (primary N) is 1. The van der Waals surface area contributed by atoms with Crippen LogP contribution in [0.3, 0.4) is 0 Å². The van der Waals surface area contributed by atoms with Gasteiger partial charge in [0.25, 0.3) is 5.19 Å². The van der Waals surface area contributed by atoms with Crippen LogP contribution in [0, 0.1) is 0 Å². The third kappa shape index (κ3) is 2.44. The molecule has 0 fully saturated rings. The molecule has 0 amide bonds. The van der Waals surface area contributed by atoms with Gasteiger partial charge >= 0.3 is 0 Å². The Balaban J connectivity index is 2.18. The molecule has 6 heteroatoms. The molecule has 0 saturated carbocycles. The first-order valence-electron chi connectivity index (χ1n) is 4.24. The number of hydrogen-bond donors (Lipinski definition) is 1. The minimum absolute atomic E-state index is 0.365. The van der Waals surface area contributed by atoms with Gasteiger partial charge in [0.15, 0.2) is 0 Å². The minimum Gasteiger partial charge on any atom is -0.428 e. The fourth-order valence-corrected chi connectivity index (χ4v) is 1.74. The Labute approximate surface area is 95.7 Å². The Morgan fingerprint density at radius 2 is 2.13 bits per heavy atom. The van der Waals surface area contributed by atoms with Gasteiger partial charge in [0.2, 0.25) is 0 Å². The van der Waals surface area contributed by atoms with Crippen molar-refractivity contribution < 1.29 is 4.74 Å². The standard InChI is InChI=1S/C9H8ClN3OS/c10-6-3-1-2-4-7(6)14-9-13-12-8(5-11)15-9/h1-4H,5,11H2. The molecule has 78 valence electrons. The van der Waals surface area contributed by atoms with Crippen LogP contribution in [0.25, 0.3) is 0 Å². The van der Waals surface area contributed by atoms with E-state index in [0.717, 1.165) is 5.01 Å². The van der Waals surface area contributed by atoms with Crippen molar-refractivity contribution in [3.8, 4) is 10.9 Å². The monoisotopic (exact) mass is 241 g/mol. The average Bonchev–Trinajstić information content (AvgIpc) is 2.69. The summed E-state index contributed by atoms with van der Waals surface area (Å²) in [6.07, 6.45) is 0. The molecule has 0 saturated heterocycles. The maximum Gasteiger partial charge on any atom is 0.299 e. The number of halogens is 1. The molecule has 1 heterocycles. The molecule has 1 aromatic heterocycles. The molecule has 1 aromatic carbocycles. The maximum absolute atomic E-state index is 5.92. The van der Waals surface area contributed by atoms with Gasteiger partial charge in [-0.25, -0.2) is 0 Å². The number of benzene rings is 1. The van der Waals surface area contributed by atoms with Gasteiger partial charge in [-0.15, -0.1) is 5.10 Å². The van der Waals surface area contributed by atoms with Gasteiger partial charge in [-0.3, -0.25) is 0 Å². The molecule has 0 atom stereocenters. The zero-order valence-electron chi connectivity index (χ0n) is 7.68. The first-order chi connectivity index (χ1) is 7.29. The van der Waals surface area contributed by atoms with Gasteiger partial charge in [-0.2, -0.15) is 0 Å². The van der Waals surface area contributed by atoms with E-state index in [0.29, 0.717) is 22.5 Å². The van der Waals surface area contributed by atoms with Gasteiger partial charge in [-0.05, 0) is 12.1 Å². The lowest BCUT2D eigenvalue weighted by atomic mass is 10.3. The zero-order valence-corrected chi connectivity index (χ0v) is 9.26. The highest BCUT2D eigenvalue weighted by atomic mass is 35.5. The van der Waals surface area contributed by atoms with Crippen molar-refractivity contribution in [1.82, 2.24) is 10.2 Å². The van der Waals surface area contributed by atoms with E-state index in [1.165, 1.54) is 11.3 Å². The lowest BCUT2D eigenvalue weighted by molar-refractivity contribution is 0.473. The molecule has 0 bridgehead atoms. The second kappa shape index (κ2) is 4.57. The Bertz CT molecular complexity index is 460. The molecular weight excluding hydrogens is 234 g/mol. The topological polar surface area (TPSA) is 61.0 Å². The third-order valence-corrected chi connectivity index (χ3v) is 2.79. The molecule has 0 unspecified atom stereocenters. The summed E-state index contributed by atoms with van der Waals surface area (Å²) in [5, 5.41) is 9.39. The molecule has 2 aromatic rings. The molecule has 4 nitrogen and oxygen atoms in total. The van der Waals surface area contributed by atoms with Crippen LogP contribution in [-0.2, 0) is 6.54 Å². The summed E-state index contributed by atoms with van der Waals surface area (Å²) in [4.78, 5) is 0. The molecule has 0 aliphatic carbocycles. The summed E-state index contributed by atoms with van der Waals surface area (Å²) >= 11 is 7.23. The molecule has 0 radical (unpaired) electrons. The molecular formula is C9H8ClN3OS. The van der Waals surface area contributed by atoms with Gasteiger partial charge in [-0.1, -0.05) is 40.2 Å². The average molecular weight is 242 g/mol. The summed E-state index contributed by atoms with van der Waals surface area (Å²) in [6.45, 7) is 0.365. The van der Waals surface area contributed by atoms with E-state index >= 15 is 0 Å². The summed E-state index contributed by atoms with van der Waals surface area (Å²) in [5.74, 6) is 0.568. The van der Waals surface area contributed by atoms with Gasteiger partial charge in [0.05, 0.1) is 5.02 Å². The summed E-state index contributed by atoms with van der Waals surface area (Å²) in [7, 11) is 0. The van der Waals surface area contributed by atoms with Crippen LogP contribution in [0.15, 0.2) is 24.3 Å². The Kier molecular flexibility index (Phi) is 3.15. The van der Waals surface area contributed by atoms with E-state index < -0.39 is 0 Å². The van der Waals surface area contributed by atoms with Crippen LogP contribution in [0.4, 0.5) is 0 Å². The van der Waals surface area contributed by atoms with Crippen LogP contribution >= 0.6 is 22.9 Å². The predicted octanol–water partition coefficient (Wildman–Crippen LogP) is 2.44. The van der Waals surface area contributed by atoms with Crippen LogP contribution in [0.1, 0.15) is 5.01 Å². The largest absolute Gasteiger partial charge is 0.428 e. The van der Waals surface area contributed by atoms with Crippen LogP contribution in [0.5, 0.6) is 10.9 Å². The highest BCUT2D eigenvalue weighted by molar-refractivity contribution is 7.13. The van der Waals surface area contributed by atoms with E-state index in [1.807, 2.05) is 12.1 Å². The van der Waals surface area contributed by atoms with Crippen LogP contribution in [-0.4, -0.2) is 10.2 Å². The fourth-order valence-electron chi connectivity index (χ4n) is 0.984. The highest BCUT2D eigenvalue weighted by Crippen LogP contribution is 2.30. The lowest BCUT2D eigenvalue weighted by Crippen LogP contribution is -1.94. The van der Waals surface area contributed by atoms with Crippen molar-refractivity contribution in [2.45, 2.75) is 6.54 Å². The Hall–Kier alpha value is -1.17. The number of hydrogen-bond acceptors (Lipinski definition) is 5. The molecule has 15 heavy (non-hydrogen) atoms. The lowest BCUT2D eigenvalue weighted by Gasteiger charge is -2.01. The number of nitrogens with zero attached hydrogens (tertiary/aromatic N) is 2. The fraction of sp³-hybridized carbons (Fsp3) is 0.111. The molecule has 0 aliphatic heterocycles. The predicted molar refractivity (Wildman–Crippen MR) is 59.3 cm³/mol. The Morgan fingerprint density at radius 3 is 2.80 bits per heavy atom. The summed E-state index contributed by atoms with van der Waals surface area (Å²) < 4.78 is 5.45. The van der Waals surface area contributed by atoms with E-state index in [2.05, 4.69) is 10.2 Å². The maximum atomic E-state index is 5.92. The molecule has 0 aliphatic rings. The van der Waals surface area contributed by atoms with Crippen molar-refractivity contribution in [3.05, 3.63) is 34.3 Å². The normalized spacial score (nSPS) is 10.3. The second-order valence-corrected chi connectivity index (χ2v) is 4.13. The first-order valence-corrected chi connectivity index (χ1v) is 5.44. The van der Waals surface area contributed by atoms with Gasteiger partial charge in [0, 0.05) is 6.54 Å². The first kappa shape index (κ1) is 10.4. The van der Waals surface area contributed by atoms with Crippen molar-refractivity contribution in [2.24, 2.45) is 5.73 Å². The smallest absolute Gasteiger partial charge is 0.299 e. The van der Waals surface area contributed by atoms with Crippen molar-refractivity contribution in [1.29, 1.82) is 0 Å². The highest BCUT2D eigenvalue weighted by Gasteiger charge is 2.06. The zero-order chi connectivity index (χ0) is 10.7. The van der Waals surface area contributed by atoms with Crippen molar-refractivity contribution in [3.63, 3.8) is 0 Å². The summed E-state index contributed by atoms with van der Waals surface area (Å²) in [5.41, 5.74) is 5.41. The van der Waals surface area contributed by atoms with Gasteiger partial charge < -0.3 is 10.5 Å². The molecule has 0 spiro atoms. The number of aromatic nitrogens is 2.